The lowest BCUT2D eigenvalue weighted by atomic mass is 9.82. The quantitative estimate of drug-likeness (QED) is 0.923. The standard InChI is InChI=1S/C19H27NO3/c21-18-13-20(12-17(18)11-15-7-3-1-4-8-15)19(22)23-14-16-9-5-2-6-10-16/h2,5-6,9-10,15,17-18,21H,1,3-4,7-8,11-14H2/t17-,18-/m0/s1. The maximum absolute atomic E-state index is 12.2. The van der Waals surface area contributed by atoms with Crippen molar-refractivity contribution in [1.82, 2.24) is 4.90 Å². The summed E-state index contributed by atoms with van der Waals surface area (Å²) in [4.78, 5) is 13.9. The van der Waals surface area contributed by atoms with Gasteiger partial charge in [-0.2, -0.15) is 0 Å². The van der Waals surface area contributed by atoms with E-state index in [0.29, 0.717) is 19.7 Å². The van der Waals surface area contributed by atoms with Crippen molar-refractivity contribution in [2.45, 2.75) is 51.2 Å². The molecule has 1 amide bonds. The summed E-state index contributed by atoms with van der Waals surface area (Å²) in [6, 6.07) is 9.69. The molecule has 1 aromatic rings. The maximum atomic E-state index is 12.2. The van der Waals surface area contributed by atoms with Crippen LogP contribution in [0.3, 0.4) is 0 Å². The topological polar surface area (TPSA) is 49.8 Å². The van der Waals surface area contributed by atoms with Gasteiger partial charge in [-0.25, -0.2) is 4.79 Å². The predicted molar refractivity (Wildman–Crippen MR) is 88.9 cm³/mol. The number of carbonyl (C=O) groups is 1. The van der Waals surface area contributed by atoms with Gasteiger partial charge in [-0.1, -0.05) is 62.4 Å². The molecule has 0 aromatic heterocycles. The van der Waals surface area contributed by atoms with Crippen LogP contribution >= 0.6 is 0 Å². The van der Waals surface area contributed by atoms with E-state index in [1.807, 2.05) is 30.3 Å². The van der Waals surface area contributed by atoms with Gasteiger partial charge in [0.15, 0.2) is 0 Å². The van der Waals surface area contributed by atoms with E-state index in [-0.39, 0.29) is 12.0 Å². The van der Waals surface area contributed by atoms with Gasteiger partial charge in [0.1, 0.15) is 6.61 Å². The van der Waals surface area contributed by atoms with E-state index in [1.54, 1.807) is 4.90 Å². The SMILES string of the molecule is O=C(OCc1ccccc1)N1C[C@H](CC2CCCCC2)[C@@H](O)C1. The van der Waals surface area contributed by atoms with Gasteiger partial charge in [0, 0.05) is 12.5 Å². The van der Waals surface area contributed by atoms with E-state index in [9.17, 15) is 9.90 Å². The van der Waals surface area contributed by atoms with Gasteiger partial charge in [0.05, 0.1) is 12.6 Å². The smallest absolute Gasteiger partial charge is 0.410 e. The van der Waals surface area contributed by atoms with E-state index < -0.39 is 6.10 Å². The van der Waals surface area contributed by atoms with Crippen LogP contribution in [0.15, 0.2) is 30.3 Å². The number of hydrogen-bond donors (Lipinski definition) is 1. The average Bonchev–Trinajstić information content (AvgIpc) is 2.95. The molecule has 1 N–H and O–H groups in total. The molecule has 0 radical (unpaired) electrons. The summed E-state index contributed by atoms with van der Waals surface area (Å²) in [5.74, 6) is 0.936. The monoisotopic (exact) mass is 317 g/mol. The van der Waals surface area contributed by atoms with Crippen LogP contribution in [0.2, 0.25) is 0 Å². The Morgan fingerprint density at radius 1 is 1.13 bits per heavy atom. The van der Waals surface area contributed by atoms with Crippen molar-refractivity contribution in [3.8, 4) is 0 Å². The molecule has 1 aromatic carbocycles. The molecule has 4 nitrogen and oxygen atoms in total. The van der Waals surface area contributed by atoms with Crippen LogP contribution in [-0.2, 0) is 11.3 Å². The Bertz CT molecular complexity index is 499. The summed E-state index contributed by atoms with van der Waals surface area (Å²) in [6.07, 6.45) is 6.88. The van der Waals surface area contributed by atoms with E-state index in [4.69, 9.17) is 4.74 Å². The normalized spacial score (nSPS) is 25.5. The van der Waals surface area contributed by atoms with Crippen LogP contribution in [0.4, 0.5) is 4.79 Å². The van der Waals surface area contributed by atoms with Crippen molar-refractivity contribution < 1.29 is 14.6 Å². The van der Waals surface area contributed by atoms with Crippen LogP contribution in [0.5, 0.6) is 0 Å². The highest BCUT2D eigenvalue weighted by molar-refractivity contribution is 5.68. The third kappa shape index (κ3) is 4.47. The van der Waals surface area contributed by atoms with E-state index in [0.717, 1.165) is 17.9 Å². The number of ether oxygens (including phenoxy) is 1. The molecule has 0 bridgehead atoms. The largest absolute Gasteiger partial charge is 0.445 e. The zero-order valence-corrected chi connectivity index (χ0v) is 13.7. The fraction of sp³-hybridized carbons (Fsp3) is 0.632. The summed E-state index contributed by atoms with van der Waals surface area (Å²) in [6.45, 7) is 1.33. The third-order valence-electron chi connectivity index (χ3n) is 5.23. The molecule has 2 atom stereocenters. The maximum Gasteiger partial charge on any atom is 0.410 e. The number of hydrogen-bond acceptors (Lipinski definition) is 3. The Hall–Kier alpha value is -1.55. The zero-order chi connectivity index (χ0) is 16.1. The fourth-order valence-corrected chi connectivity index (χ4v) is 3.90. The summed E-state index contributed by atoms with van der Waals surface area (Å²) in [5, 5.41) is 10.3. The molecule has 2 fully saturated rings. The Balaban J connectivity index is 1.46. The molecular formula is C19H27NO3. The summed E-state index contributed by atoms with van der Waals surface area (Å²) < 4.78 is 5.37. The lowest BCUT2D eigenvalue weighted by Gasteiger charge is -2.25. The predicted octanol–water partition coefficient (Wildman–Crippen LogP) is 3.59. The molecule has 1 aliphatic heterocycles. The van der Waals surface area contributed by atoms with Gasteiger partial charge >= 0.3 is 6.09 Å². The molecule has 1 saturated heterocycles. The Morgan fingerprint density at radius 2 is 1.87 bits per heavy atom. The Labute approximate surface area is 138 Å². The molecular weight excluding hydrogens is 290 g/mol. The number of amides is 1. The highest BCUT2D eigenvalue weighted by Gasteiger charge is 2.36. The third-order valence-corrected chi connectivity index (χ3v) is 5.23. The van der Waals surface area contributed by atoms with Gasteiger partial charge in [-0.15, -0.1) is 0 Å². The van der Waals surface area contributed by atoms with Crippen LogP contribution in [-0.4, -0.2) is 35.3 Å². The van der Waals surface area contributed by atoms with Gasteiger partial charge in [-0.05, 0) is 17.9 Å². The average molecular weight is 317 g/mol. The van der Waals surface area contributed by atoms with Crippen molar-refractivity contribution in [1.29, 1.82) is 0 Å². The second-order valence-corrected chi connectivity index (χ2v) is 7.01. The highest BCUT2D eigenvalue weighted by atomic mass is 16.6. The van der Waals surface area contributed by atoms with Gasteiger partial charge < -0.3 is 14.7 Å². The number of carbonyl (C=O) groups excluding carboxylic acids is 1. The van der Waals surface area contributed by atoms with E-state index in [1.165, 1.54) is 32.1 Å². The number of β-amino-alcohol motifs (C(OH)–C–C–N with tert-alkyl or cyclic N) is 1. The summed E-state index contributed by atoms with van der Waals surface area (Å²) in [7, 11) is 0. The van der Waals surface area contributed by atoms with Crippen LogP contribution in [0.25, 0.3) is 0 Å². The first kappa shape index (κ1) is 16.3. The molecule has 126 valence electrons. The first-order valence-corrected chi connectivity index (χ1v) is 8.86. The molecule has 0 unspecified atom stereocenters. The van der Waals surface area contributed by atoms with Crippen LogP contribution in [0, 0.1) is 11.8 Å². The lowest BCUT2D eigenvalue weighted by Crippen LogP contribution is -2.30. The molecule has 1 saturated carbocycles. The molecule has 0 spiro atoms. The zero-order valence-electron chi connectivity index (χ0n) is 13.7. The van der Waals surface area contributed by atoms with Crippen LogP contribution in [0.1, 0.15) is 44.1 Å². The van der Waals surface area contributed by atoms with Gasteiger partial charge in [0.2, 0.25) is 0 Å². The minimum absolute atomic E-state index is 0.211. The minimum atomic E-state index is -0.402. The molecule has 23 heavy (non-hydrogen) atoms. The summed E-state index contributed by atoms with van der Waals surface area (Å²) in [5.41, 5.74) is 0.986. The minimum Gasteiger partial charge on any atom is -0.445 e. The van der Waals surface area contributed by atoms with E-state index >= 15 is 0 Å². The second kappa shape index (κ2) is 7.82. The van der Waals surface area contributed by atoms with Crippen molar-refractivity contribution in [2.75, 3.05) is 13.1 Å². The lowest BCUT2D eigenvalue weighted by molar-refractivity contribution is 0.0962. The number of aliphatic hydroxyl groups excluding tert-OH is 1. The van der Waals surface area contributed by atoms with Gasteiger partial charge in [-0.3, -0.25) is 0 Å². The number of aliphatic hydroxyl groups is 1. The van der Waals surface area contributed by atoms with Crippen molar-refractivity contribution >= 4 is 6.09 Å². The van der Waals surface area contributed by atoms with Gasteiger partial charge in [0.25, 0.3) is 0 Å². The first-order valence-electron chi connectivity index (χ1n) is 8.86. The number of likely N-dealkylation sites (tertiary alicyclic amines) is 1. The molecule has 2 aliphatic rings. The van der Waals surface area contributed by atoms with E-state index in [2.05, 4.69) is 0 Å². The Kier molecular flexibility index (Phi) is 5.55. The second-order valence-electron chi connectivity index (χ2n) is 7.01. The molecule has 3 rings (SSSR count). The molecule has 1 heterocycles. The summed E-state index contributed by atoms with van der Waals surface area (Å²) >= 11 is 0. The van der Waals surface area contributed by atoms with Crippen molar-refractivity contribution in [3.63, 3.8) is 0 Å². The Morgan fingerprint density at radius 3 is 2.61 bits per heavy atom. The van der Waals surface area contributed by atoms with Crippen molar-refractivity contribution in [2.24, 2.45) is 11.8 Å². The van der Waals surface area contributed by atoms with Crippen LogP contribution < -0.4 is 0 Å². The number of rotatable bonds is 4. The van der Waals surface area contributed by atoms with Crippen molar-refractivity contribution in [3.05, 3.63) is 35.9 Å². The number of nitrogens with zero attached hydrogens (tertiary/aromatic N) is 1. The highest BCUT2D eigenvalue weighted by Crippen LogP contribution is 2.32. The molecule has 4 heteroatoms. The first-order chi connectivity index (χ1) is 11.2. The molecule has 1 aliphatic carbocycles. The fourth-order valence-electron chi connectivity index (χ4n) is 3.90. The number of benzene rings is 1.